The van der Waals surface area contributed by atoms with Crippen molar-refractivity contribution >= 4 is 16.7 Å². The lowest BCUT2D eigenvalue weighted by molar-refractivity contribution is -0.143. The van der Waals surface area contributed by atoms with Crippen LogP contribution in [0.2, 0.25) is 0 Å². The fourth-order valence-electron chi connectivity index (χ4n) is 3.47. The van der Waals surface area contributed by atoms with Crippen LogP contribution in [0.5, 0.6) is 5.75 Å². The summed E-state index contributed by atoms with van der Waals surface area (Å²) in [5.74, 6) is -0.0411. The van der Waals surface area contributed by atoms with Crippen LogP contribution in [0.1, 0.15) is 32.3 Å². The molecule has 0 amide bonds. The van der Waals surface area contributed by atoms with Crippen LogP contribution in [0.25, 0.3) is 10.8 Å². The molecule has 2 aromatic rings. The lowest BCUT2D eigenvalue weighted by Gasteiger charge is -2.31. The van der Waals surface area contributed by atoms with Crippen molar-refractivity contribution in [2.45, 2.75) is 39.3 Å². The molecule has 1 aliphatic heterocycles. The molecule has 1 atom stereocenters. The van der Waals surface area contributed by atoms with E-state index in [1.807, 2.05) is 32.0 Å². The van der Waals surface area contributed by atoms with Crippen LogP contribution in [0.3, 0.4) is 0 Å². The number of carboxylic acid groups (broad SMARTS) is 1. The van der Waals surface area contributed by atoms with E-state index >= 15 is 0 Å². The van der Waals surface area contributed by atoms with Crippen LogP contribution in [-0.2, 0) is 11.3 Å². The predicted octanol–water partition coefficient (Wildman–Crippen LogP) is 3.92. The summed E-state index contributed by atoms with van der Waals surface area (Å²) in [6, 6.07) is 12.4. The largest absolute Gasteiger partial charge is 0.491 e. The first kappa shape index (κ1) is 16.8. The number of piperidine rings is 1. The number of hydrogen-bond donors (Lipinski definition) is 1. The molecule has 1 unspecified atom stereocenters. The molecule has 0 spiro atoms. The number of benzene rings is 2. The third-order valence-electron chi connectivity index (χ3n) is 4.60. The second-order valence-electron chi connectivity index (χ2n) is 6.84. The summed E-state index contributed by atoms with van der Waals surface area (Å²) in [5.41, 5.74) is 1.16. The second kappa shape index (κ2) is 7.22. The first-order valence-corrected chi connectivity index (χ1v) is 8.67. The molecule has 1 heterocycles. The number of rotatable bonds is 5. The van der Waals surface area contributed by atoms with Crippen LogP contribution >= 0.6 is 0 Å². The lowest BCUT2D eigenvalue weighted by atomic mass is 9.96. The molecule has 2 aromatic carbocycles. The van der Waals surface area contributed by atoms with Gasteiger partial charge in [-0.05, 0) is 50.1 Å². The zero-order chi connectivity index (χ0) is 17.1. The standard InChI is InChI=1S/C20H25NO3/c1-14(2)24-19-10-9-15-6-3-4-8-17(15)18(19)13-21-11-5-7-16(12-21)20(22)23/h3-4,6,8-10,14,16H,5,7,11-13H2,1-2H3,(H,22,23). The molecule has 0 radical (unpaired) electrons. The Kier molecular flexibility index (Phi) is 5.05. The predicted molar refractivity (Wildman–Crippen MR) is 95.3 cm³/mol. The van der Waals surface area contributed by atoms with E-state index in [2.05, 4.69) is 23.1 Å². The summed E-state index contributed by atoms with van der Waals surface area (Å²) < 4.78 is 6.03. The maximum atomic E-state index is 11.3. The summed E-state index contributed by atoms with van der Waals surface area (Å²) in [7, 11) is 0. The van der Waals surface area contributed by atoms with Crippen molar-refractivity contribution in [1.29, 1.82) is 0 Å². The first-order valence-electron chi connectivity index (χ1n) is 8.67. The Morgan fingerprint density at radius 3 is 2.83 bits per heavy atom. The SMILES string of the molecule is CC(C)Oc1ccc2ccccc2c1CN1CCCC(C(=O)O)C1. The van der Waals surface area contributed by atoms with Crippen LogP contribution in [0.4, 0.5) is 0 Å². The molecule has 1 fully saturated rings. The Labute approximate surface area is 143 Å². The number of fused-ring (bicyclic) bond motifs is 1. The molecule has 0 saturated carbocycles. The van der Waals surface area contributed by atoms with Gasteiger partial charge in [0.05, 0.1) is 12.0 Å². The molecule has 4 heteroatoms. The maximum Gasteiger partial charge on any atom is 0.307 e. The Bertz CT molecular complexity index is 726. The van der Waals surface area contributed by atoms with Crippen LogP contribution in [0, 0.1) is 5.92 Å². The van der Waals surface area contributed by atoms with Crippen molar-refractivity contribution in [2.24, 2.45) is 5.92 Å². The van der Waals surface area contributed by atoms with E-state index in [0.29, 0.717) is 6.54 Å². The second-order valence-corrected chi connectivity index (χ2v) is 6.84. The smallest absolute Gasteiger partial charge is 0.307 e. The fourth-order valence-corrected chi connectivity index (χ4v) is 3.47. The van der Waals surface area contributed by atoms with Crippen molar-refractivity contribution < 1.29 is 14.6 Å². The minimum Gasteiger partial charge on any atom is -0.491 e. The van der Waals surface area contributed by atoms with Gasteiger partial charge >= 0.3 is 5.97 Å². The van der Waals surface area contributed by atoms with Gasteiger partial charge in [-0.15, -0.1) is 0 Å². The molecule has 0 bridgehead atoms. The lowest BCUT2D eigenvalue weighted by Crippen LogP contribution is -2.38. The van der Waals surface area contributed by atoms with Gasteiger partial charge in [0.2, 0.25) is 0 Å². The highest BCUT2D eigenvalue weighted by atomic mass is 16.5. The number of likely N-dealkylation sites (tertiary alicyclic amines) is 1. The van der Waals surface area contributed by atoms with Gasteiger partial charge in [-0.3, -0.25) is 9.69 Å². The Hall–Kier alpha value is -2.07. The number of aliphatic carboxylic acids is 1. The molecule has 0 aliphatic carbocycles. The van der Waals surface area contributed by atoms with Crippen LogP contribution < -0.4 is 4.74 Å². The molecule has 1 aliphatic rings. The summed E-state index contributed by atoms with van der Waals surface area (Å²) in [5, 5.41) is 11.7. The summed E-state index contributed by atoms with van der Waals surface area (Å²) in [6.45, 7) is 6.33. The van der Waals surface area contributed by atoms with Crippen molar-refractivity contribution in [3.05, 3.63) is 42.0 Å². The molecule has 3 rings (SSSR count). The van der Waals surface area contributed by atoms with E-state index in [1.165, 1.54) is 10.8 Å². The number of carbonyl (C=O) groups is 1. The van der Waals surface area contributed by atoms with E-state index in [1.54, 1.807) is 0 Å². The number of ether oxygens (including phenoxy) is 1. The highest BCUT2D eigenvalue weighted by Crippen LogP contribution is 2.31. The van der Waals surface area contributed by atoms with E-state index in [9.17, 15) is 9.90 Å². The Morgan fingerprint density at radius 2 is 2.08 bits per heavy atom. The molecule has 1 saturated heterocycles. The van der Waals surface area contributed by atoms with E-state index in [0.717, 1.165) is 37.2 Å². The zero-order valence-corrected chi connectivity index (χ0v) is 14.4. The normalized spacial score (nSPS) is 18.9. The van der Waals surface area contributed by atoms with Crippen molar-refractivity contribution in [1.82, 2.24) is 4.90 Å². The number of hydrogen-bond acceptors (Lipinski definition) is 3. The van der Waals surface area contributed by atoms with E-state index in [-0.39, 0.29) is 12.0 Å². The molecule has 4 nitrogen and oxygen atoms in total. The average molecular weight is 327 g/mol. The monoisotopic (exact) mass is 327 g/mol. The van der Waals surface area contributed by atoms with Gasteiger partial charge < -0.3 is 9.84 Å². The van der Waals surface area contributed by atoms with Gasteiger partial charge in [-0.25, -0.2) is 0 Å². The third-order valence-corrected chi connectivity index (χ3v) is 4.60. The quantitative estimate of drug-likeness (QED) is 0.904. The minimum atomic E-state index is -0.684. The van der Waals surface area contributed by atoms with Crippen molar-refractivity contribution in [3.63, 3.8) is 0 Å². The number of nitrogens with zero attached hydrogens (tertiary/aromatic N) is 1. The Balaban J connectivity index is 1.92. The molecule has 128 valence electrons. The summed E-state index contributed by atoms with van der Waals surface area (Å²) in [6.07, 6.45) is 1.82. The first-order chi connectivity index (χ1) is 11.5. The minimum absolute atomic E-state index is 0.109. The third kappa shape index (κ3) is 3.70. The molecular formula is C20H25NO3. The Morgan fingerprint density at radius 1 is 1.29 bits per heavy atom. The molecule has 24 heavy (non-hydrogen) atoms. The van der Waals surface area contributed by atoms with Gasteiger partial charge in [-0.2, -0.15) is 0 Å². The average Bonchev–Trinajstić information content (AvgIpc) is 2.57. The highest BCUT2D eigenvalue weighted by molar-refractivity contribution is 5.87. The van der Waals surface area contributed by atoms with Crippen molar-refractivity contribution in [2.75, 3.05) is 13.1 Å². The molecular weight excluding hydrogens is 302 g/mol. The zero-order valence-electron chi connectivity index (χ0n) is 14.4. The fraction of sp³-hybridized carbons (Fsp3) is 0.450. The van der Waals surface area contributed by atoms with Gasteiger partial charge in [-0.1, -0.05) is 30.3 Å². The highest BCUT2D eigenvalue weighted by Gasteiger charge is 2.26. The summed E-state index contributed by atoms with van der Waals surface area (Å²) in [4.78, 5) is 13.6. The molecule has 0 aromatic heterocycles. The van der Waals surface area contributed by atoms with Crippen LogP contribution in [-0.4, -0.2) is 35.2 Å². The van der Waals surface area contributed by atoms with Gasteiger partial charge in [0.25, 0.3) is 0 Å². The maximum absolute atomic E-state index is 11.3. The van der Waals surface area contributed by atoms with Crippen molar-refractivity contribution in [3.8, 4) is 5.75 Å². The molecule has 1 N–H and O–H groups in total. The van der Waals surface area contributed by atoms with E-state index in [4.69, 9.17) is 4.74 Å². The topological polar surface area (TPSA) is 49.8 Å². The number of carboxylic acids is 1. The van der Waals surface area contributed by atoms with E-state index < -0.39 is 5.97 Å². The van der Waals surface area contributed by atoms with Gasteiger partial charge in [0.1, 0.15) is 5.75 Å². The summed E-state index contributed by atoms with van der Waals surface area (Å²) >= 11 is 0. The van der Waals surface area contributed by atoms with Gasteiger partial charge in [0, 0.05) is 18.7 Å². The van der Waals surface area contributed by atoms with Crippen LogP contribution in [0.15, 0.2) is 36.4 Å². The van der Waals surface area contributed by atoms with Gasteiger partial charge in [0.15, 0.2) is 0 Å².